The SMILES string of the molecule is NC(=O)Oc1ccc(F)c(NC(=O)CNCc2ccccc2)c1. The fourth-order valence-electron chi connectivity index (χ4n) is 1.89. The van der Waals surface area contributed by atoms with E-state index in [9.17, 15) is 14.0 Å². The van der Waals surface area contributed by atoms with Crippen LogP contribution in [0, 0.1) is 5.82 Å². The Labute approximate surface area is 132 Å². The first-order valence-corrected chi connectivity index (χ1v) is 6.86. The Morgan fingerprint density at radius 2 is 1.87 bits per heavy atom. The second kappa shape index (κ2) is 7.90. The van der Waals surface area contributed by atoms with Crippen molar-refractivity contribution >= 4 is 17.7 Å². The van der Waals surface area contributed by atoms with Gasteiger partial charge in [0.15, 0.2) is 0 Å². The summed E-state index contributed by atoms with van der Waals surface area (Å²) in [4.78, 5) is 22.5. The number of hydrogen-bond acceptors (Lipinski definition) is 4. The molecule has 0 aliphatic heterocycles. The second-order valence-electron chi connectivity index (χ2n) is 4.70. The lowest BCUT2D eigenvalue weighted by atomic mass is 10.2. The van der Waals surface area contributed by atoms with Crippen molar-refractivity contribution in [3.05, 3.63) is 59.9 Å². The highest BCUT2D eigenvalue weighted by atomic mass is 19.1. The van der Waals surface area contributed by atoms with Crippen molar-refractivity contribution in [1.29, 1.82) is 0 Å². The minimum Gasteiger partial charge on any atom is -0.410 e. The summed E-state index contributed by atoms with van der Waals surface area (Å²) in [6, 6.07) is 13.1. The molecule has 0 saturated heterocycles. The van der Waals surface area contributed by atoms with Crippen LogP contribution >= 0.6 is 0 Å². The number of nitrogens with one attached hydrogen (secondary N) is 2. The van der Waals surface area contributed by atoms with Gasteiger partial charge in [-0.15, -0.1) is 0 Å². The van der Waals surface area contributed by atoms with Gasteiger partial charge in [0.2, 0.25) is 5.91 Å². The highest BCUT2D eigenvalue weighted by molar-refractivity contribution is 5.92. The summed E-state index contributed by atoms with van der Waals surface area (Å²) in [6.45, 7) is 0.525. The summed E-state index contributed by atoms with van der Waals surface area (Å²) in [5.41, 5.74) is 5.83. The highest BCUT2D eigenvalue weighted by Crippen LogP contribution is 2.21. The van der Waals surface area contributed by atoms with E-state index in [4.69, 9.17) is 5.73 Å². The first-order valence-electron chi connectivity index (χ1n) is 6.86. The van der Waals surface area contributed by atoms with Crippen LogP contribution in [0.1, 0.15) is 5.56 Å². The number of hydrogen-bond donors (Lipinski definition) is 3. The molecule has 2 aromatic carbocycles. The normalized spacial score (nSPS) is 10.1. The van der Waals surface area contributed by atoms with E-state index in [0.717, 1.165) is 11.6 Å². The van der Waals surface area contributed by atoms with Gasteiger partial charge in [-0.1, -0.05) is 30.3 Å². The molecule has 0 spiro atoms. The fraction of sp³-hybridized carbons (Fsp3) is 0.125. The molecule has 0 heterocycles. The molecule has 120 valence electrons. The minimum atomic E-state index is -1.02. The van der Waals surface area contributed by atoms with Gasteiger partial charge in [-0.3, -0.25) is 4.79 Å². The van der Waals surface area contributed by atoms with Crippen molar-refractivity contribution in [3.8, 4) is 5.75 Å². The van der Waals surface area contributed by atoms with Crippen LogP contribution < -0.4 is 21.1 Å². The zero-order valence-electron chi connectivity index (χ0n) is 12.2. The Morgan fingerprint density at radius 3 is 2.57 bits per heavy atom. The van der Waals surface area contributed by atoms with Gasteiger partial charge >= 0.3 is 6.09 Å². The Morgan fingerprint density at radius 1 is 1.13 bits per heavy atom. The number of anilines is 1. The van der Waals surface area contributed by atoms with Crippen molar-refractivity contribution in [3.63, 3.8) is 0 Å². The van der Waals surface area contributed by atoms with E-state index in [1.807, 2.05) is 30.3 Å². The standard InChI is InChI=1S/C16H16FN3O3/c17-13-7-6-12(23-16(18)22)8-14(13)20-15(21)10-19-9-11-4-2-1-3-5-11/h1-8,19H,9-10H2,(H2,18,22)(H,20,21). The molecular formula is C16H16FN3O3. The smallest absolute Gasteiger partial charge is 0.409 e. The van der Waals surface area contributed by atoms with Crippen molar-refractivity contribution in [1.82, 2.24) is 5.32 Å². The maximum absolute atomic E-state index is 13.6. The van der Waals surface area contributed by atoms with Crippen LogP contribution in [0.4, 0.5) is 14.9 Å². The van der Waals surface area contributed by atoms with E-state index in [0.29, 0.717) is 6.54 Å². The first-order chi connectivity index (χ1) is 11.0. The predicted molar refractivity (Wildman–Crippen MR) is 83.4 cm³/mol. The Kier molecular flexibility index (Phi) is 5.65. The van der Waals surface area contributed by atoms with Gasteiger partial charge < -0.3 is 21.1 Å². The molecule has 0 atom stereocenters. The number of amides is 2. The van der Waals surface area contributed by atoms with Gasteiger partial charge in [0.25, 0.3) is 0 Å². The zero-order valence-corrected chi connectivity index (χ0v) is 12.2. The summed E-state index contributed by atoms with van der Waals surface area (Å²) < 4.78 is 18.3. The molecule has 2 rings (SSSR count). The molecular weight excluding hydrogens is 301 g/mol. The second-order valence-corrected chi connectivity index (χ2v) is 4.70. The lowest BCUT2D eigenvalue weighted by molar-refractivity contribution is -0.115. The molecule has 7 heteroatoms. The molecule has 2 aromatic rings. The summed E-state index contributed by atoms with van der Waals surface area (Å²) in [7, 11) is 0. The molecule has 0 bridgehead atoms. The van der Waals surface area contributed by atoms with Crippen LogP contribution in [0.5, 0.6) is 5.75 Å². The number of ether oxygens (including phenoxy) is 1. The van der Waals surface area contributed by atoms with E-state index in [1.165, 1.54) is 12.1 Å². The molecule has 0 radical (unpaired) electrons. The molecule has 0 aliphatic rings. The molecule has 6 nitrogen and oxygen atoms in total. The quantitative estimate of drug-likeness (QED) is 0.760. The molecule has 2 amide bonds. The fourth-order valence-corrected chi connectivity index (χ4v) is 1.89. The molecule has 0 aromatic heterocycles. The first kappa shape index (κ1) is 16.4. The Hall–Kier alpha value is -2.93. The van der Waals surface area contributed by atoms with Crippen molar-refractivity contribution in [2.24, 2.45) is 5.73 Å². The van der Waals surface area contributed by atoms with Crippen LogP contribution in [-0.4, -0.2) is 18.5 Å². The van der Waals surface area contributed by atoms with Crippen LogP contribution in [0.15, 0.2) is 48.5 Å². The number of carbonyl (C=O) groups excluding carboxylic acids is 2. The van der Waals surface area contributed by atoms with E-state index >= 15 is 0 Å². The van der Waals surface area contributed by atoms with E-state index < -0.39 is 17.8 Å². The van der Waals surface area contributed by atoms with Crippen molar-refractivity contribution in [2.75, 3.05) is 11.9 Å². The van der Waals surface area contributed by atoms with Gasteiger partial charge in [0.1, 0.15) is 11.6 Å². The average molecular weight is 317 g/mol. The lowest BCUT2D eigenvalue weighted by Gasteiger charge is -2.09. The highest BCUT2D eigenvalue weighted by Gasteiger charge is 2.09. The van der Waals surface area contributed by atoms with Crippen LogP contribution in [-0.2, 0) is 11.3 Å². The van der Waals surface area contributed by atoms with E-state index in [2.05, 4.69) is 15.4 Å². The summed E-state index contributed by atoms with van der Waals surface area (Å²) in [6.07, 6.45) is -1.02. The number of nitrogens with two attached hydrogens (primary N) is 1. The number of primary amides is 1. The summed E-state index contributed by atoms with van der Waals surface area (Å²) >= 11 is 0. The van der Waals surface area contributed by atoms with Crippen LogP contribution in [0.2, 0.25) is 0 Å². The predicted octanol–water partition coefficient (Wildman–Crippen LogP) is 2.01. The molecule has 0 unspecified atom stereocenters. The number of halogens is 1. The van der Waals surface area contributed by atoms with Crippen LogP contribution in [0.25, 0.3) is 0 Å². The third-order valence-electron chi connectivity index (χ3n) is 2.89. The monoisotopic (exact) mass is 317 g/mol. The van der Waals surface area contributed by atoms with Gasteiger partial charge in [0.05, 0.1) is 12.2 Å². The molecule has 4 N–H and O–H groups in total. The molecule has 0 saturated carbocycles. The van der Waals surface area contributed by atoms with Crippen molar-refractivity contribution < 1.29 is 18.7 Å². The third-order valence-corrected chi connectivity index (χ3v) is 2.89. The Bertz CT molecular complexity index is 692. The van der Waals surface area contributed by atoms with Crippen molar-refractivity contribution in [2.45, 2.75) is 6.54 Å². The van der Waals surface area contributed by atoms with Gasteiger partial charge in [-0.25, -0.2) is 9.18 Å². The number of benzene rings is 2. The molecule has 0 aliphatic carbocycles. The molecule has 0 fully saturated rings. The third kappa shape index (κ3) is 5.40. The van der Waals surface area contributed by atoms with E-state index in [1.54, 1.807) is 0 Å². The Balaban J connectivity index is 1.88. The maximum Gasteiger partial charge on any atom is 0.409 e. The number of rotatable bonds is 6. The van der Waals surface area contributed by atoms with Gasteiger partial charge in [0, 0.05) is 12.6 Å². The maximum atomic E-state index is 13.6. The lowest BCUT2D eigenvalue weighted by Crippen LogP contribution is -2.28. The number of carbonyl (C=O) groups is 2. The van der Waals surface area contributed by atoms with Gasteiger partial charge in [-0.2, -0.15) is 0 Å². The zero-order chi connectivity index (χ0) is 16.7. The van der Waals surface area contributed by atoms with E-state index in [-0.39, 0.29) is 18.0 Å². The van der Waals surface area contributed by atoms with Gasteiger partial charge in [-0.05, 0) is 17.7 Å². The topological polar surface area (TPSA) is 93.5 Å². The van der Waals surface area contributed by atoms with Crippen LogP contribution in [0.3, 0.4) is 0 Å². The summed E-state index contributed by atoms with van der Waals surface area (Å²) in [5.74, 6) is -1.01. The summed E-state index contributed by atoms with van der Waals surface area (Å²) in [5, 5.41) is 5.35. The average Bonchev–Trinajstić information content (AvgIpc) is 2.51. The minimum absolute atomic E-state index is 0.00917. The largest absolute Gasteiger partial charge is 0.410 e. The molecule has 23 heavy (non-hydrogen) atoms.